The molecule has 0 radical (unpaired) electrons. The zero-order valence-electron chi connectivity index (χ0n) is 31.7. The first kappa shape index (κ1) is 41.6. The minimum atomic E-state index is -4.78. The van der Waals surface area contributed by atoms with E-state index in [1.165, 1.54) is 6.07 Å². The van der Waals surface area contributed by atoms with Crippen LogP contribution in [0, 0.1) is 11.3 Å². The Morgan fingerprint density at radius 3 is 2.38 bits per heavy atom. The van der Waals surface area contributed by atoms with Crippen LogP contribution in [-0.2, 0) is 20.6 Å². The highest BCUT2D eigenvalue weighted by Gasteiger charge is 2.50. The summed E-state index contributed by atoms with van der Waals surface area (Å²) < 4.78 is 49.3. The molecule has 2 aromatic carbocycles. The second-order valence-corrected chi connectivity index (χ2v) is 14.8. The van der Waals surface area contributed by atoms with Gasteiger partial charge >= 0.3 is 12.2 Å². The number of fused-ring (bicyclic) bond motifs is 1. The number of urea groups is 1. The fourth-order valence-electron chi connectivity index (χ4n) is 7.59. The van der Waals surface area contributed by atoms with Gasteiger partial charge in [-0.15, -0.1) is 0 Å². The third-order valence-electron chi connectivity index (χ3n) is 10.5. The van der Waals surface area contributed by atoms with Gasteiger partial charge in [-0.05, 0) is 107 Å². The molecule has 304 valence electrons. The number of amides is 4. The van der Waals surface area contributed by atoms with Crippen molar-refractivity contribution >= 4 is 69.6 Å². The number of likely N-dealkylation sites (tertiary alicyclic amines) is 1. The van der Waals surface area contributed by atoms with Crippen LogP contribution in [0.25, 0.3) is 10.9 Å². The van der Waals surface area contributed by atoms with E-state index in [2.05, 4.69) is 26.0 Å². The normalized spacial score (nSPS) is 17.6. The van der Waals surface area contributed by atoms with E-state index in [1.807, 2.05) is 12.3 Å². The van der Waals surface area contributed by atoms with E-state index in [9.17, 15) is 32.8 Å². The standard InChI is InChI=1S/C39H39F3N8O4S.CH2O2/c1-38(2)35(52)49(28-6-5-25(22-43)31(21-28)39(40,41)42)37(55)50(38)27-7-9-29(10-8-27)54-20-4-3-15-46-16-11-26(12-17-46)47-18-13-30-32(47)23-44-24-33(30)48-19-14-34(51)45-36(48)53;2-1-3/h5-10,13,18,21,23-24,26H,3-4,11-12,14-17,19-20H2,1-2H3,(H,45,51,53);1H,(H,2,3). The van der Waals surface area contributed by atoms with Crippen LogP contribution in [0.15, 0.2) is 67.1 Å². The average Bonchev–Trinajstić information content (AvgIpc) is 3.70. The number of hydrogen-bond acceptors (Lipinski definition) is 9. The van der Waals surface area contributed by atoms with E-state index in [-0.39, 0.29) is 29.6 Å². The lowest BCUT2D eigenvalue weighted by atomic mass is 10.0. The van der Waals surface area contributed by atoms with Crippen molar-refractivity contribution < 1.29 is 42.2 Å². The Morgan fingerprint density at radius 1 is 1.03 bits per heavy atom. The summed E-state index contributed by atoms with van der Waals surface area (Å²) in [5, 5.41) is 19.4. The minimum absolute atomic E-state index is 0.0290. The van der Waals surface area contributed by atoms with Gasteiger partial charge in [0.05, 0.1) is 53.1 Å². The molecule has 4 amide bonds. The van der Waals surface area contributed by atoms with Crippen molar-refractivity contribution in [2.75, 3.05) is 47.5 Å². The van der Waals surface area contributed by atoms with E-state index in [4.69, 9.17) is 26.9 Å². The number of anilines is 3. The summed E-state index contributed by atoms with van der Waals surface area (Å²) in [6, 6.07) is 13.7. The fourth-order valence-corrected chi connectivity index (χ4v) is 8.11. The van der Waals surface area contributed by atoms with Crippen molar-refractivity contribution in [3.63, 3.8) is 0 Å². The van der Waals surface area contributed by atoms with Gasteiger partial charge in [0.25, 0.3) is 12.4 Å². The van der Waals surface area contributed by atoms with Gasteiger partial charge in [-0.3, -0.25) is 34.5 Å². The summed E-state index contributed by atoms with van der Waals surface area (Å²) in [5.41, 5.74) is -0.656. The zero-order chi connectivity index (χ0) is 41.8. The third kappa shape index (κ3) is 8.46. The van der Waals surface area contributed by atoms with Crippen molar-refractivity contribution in [2.24, 2.45) is 0 Å². The molecule has 4 aromatic rings. The number of carbonyl (C=O) groups is 4. The predicted octanol–water partition coefficient (Wildman–Crippen LogP) is 6.49. The van der Waals surface area contributed by atoms with Gasteiger partial charge in [0.1, 0.15) is 11.3 Å². The average molecular weight is 819 g/mol. The molecule has 5 heterocycles. The number of imide groups is 1. The Labute approximate surface area is 337 Å². The molecule has 0 unspecified atom stereocenters. The molecule has 3 fully saturated rings. The van der Waals surface area contributed by atoms with Crippen molar-refractivity contribution in [2.45, 2.75) is 63.7 Å². The molecule has 0 spiro atoms. The van der Waals surface area contributed by atoms with Crippen LogP contribution in [0.5, 0.6) is 5.75 Å². The van der Waals surface area contributed by atoms with E-state index in [1.54, 1.807) is 60.2 Å². The maximum atomic E-state index is 13.7. The second kappa shape index (κ2) is 17.2. The number of thiocarbonyl (C=S) groups is 1. The molecule has 2 aromatic heterocycles. The molecule has 0 bridgehead atoms. The number of aromatic nitrogens is 2. The second-order valence-electron chi connectivity index (χ2n) is 14.5. The lowest BCUT2D eigenvalue weighted by molar-refractivity contribution is -0.137. The number of nitriles is 1. The molecule has 0 aliphatic carbocycles. The maximum Gasteiger partial charge on any atom is 0.417 e. The molecule has 18 heteroatoms. The Hall–Kier alpha value is -6.06. The first-order valence-corrected chi connectivity index (χ1v) is 19.0. The summed E-state index contributed by atoms with van der Waals surface area (Å²) in [4.78, 5) is 57.1. The number of ether oxygens (including phenoxy) is 1. The van der Waals surface area contributed by atoms with Gasteiger partial charge in [0, 0.05) is 49.4 Å². The van der Waals surface area contributed by atoms with E-state index >= 15 is 0 Å². The van der Waals surface area contributed by atoms with Crippen LogP contribution in [0.2, 0.25) is 0 Å². The molecule has 3 aliphatic rings. The number of alkyl halides is 3. The highest BCUT2D eigenvalue weighted by Crippen LogP contribution is 2.40. The van der Waals surface area contributed by atoms with Gasteiger partial charge in [0.15, 0.2) is 5.11 Å². The van der Waals surface area contributed by atoms with Crippen LogP contribution < -0.4 is 24.8 Å². The first-order valence-electron chi connectivity index (χ1n) is 18.6. The summed E-state index contributed by atoms with van der Waals surface area (Å²) in [6.45, 7) is 6.77. The van der Waals surface area contributed by atoms with Crippen LogP contribution in [0.1, 0.15) is 63.1 Å². The lowest BCUT2D eigenvalue weighted by Gasteiger charge is -2.33. The number of benzene rings is 2. The van der Waals surface area contributed by atoms with Crippen LogP contribution in [0.4, 0.5) is 35.0 Å². The minimum Gasteiger partial charge on any atom is -0.494 e. The first-order chi connectivity index (χ1) is 27.7. The number of carbonyl (C=O) groups excluding carboxylic acids is 3. The van der Waals surface area contributed by atoms with Crippen LogP contribution >= 0.6 is 12.2 Å². The van der Waals surface area contributed by atoms with Gasteiger partial charge in [0.2, 0.25) is 5.91 Å². The number of nitrogens with one attached hydrogen (secondary N) is 1. The maximum absolute atomic E-state index is 13.7. The molecule has 58 heavy (non-hydrogen) atoms. The van der Waals surface area contributed by atoms with Crippen molar-refractivity contribution in [3.05, 3.63) is 78.2 Å². The molecule has 0 atom stereocenters. The van der Waals surface area contributed by atoms with Crippen molar-refractivity contribution in [1.29, 1.82) is 5.26 Å². The number of nitrogens with zero attached hydrogens (tertiary/aromatic N) is 7. The topological polar surface area (TPSA) is 164 Å². The number of hydrogen-bond donors (Lipinski definition) is 2. The Bertz CT molecular complexity index is 2250. The van der Waals surface area contributed by atoms with Crippen molar-refractivity contribution in [3.8, 4) is 11.8 Å². The summed E-state index contributed by atoms with van der Waals surface area (Å²) in [7, 11) is 0. The zero-order valence-corrected chi connectivity index (χ0v) is 32.6. The van der Waals surface area contributed by atoms with E-state index in [0.717, 1.165) is 73.3 Å². The third-order valence-corrected chi connectivity index (χ3v) is 10.9. The molecule has 14 nitrogen and oxygen atoms in total. The number of rotatable bonds is 10. The number of pyridine rings is 1. The Morgan fingerprint density at radius 2 is 1.72 bits per heavy atom. The smallest absolute Gasteiger partial charge is 0.417 e. The fraction of sp³-hybridized carbons (Fsp3) is 0.375. The monoisotopic (exact) mass is 818 g/mol. The van der Waals surface area contributed by atoms with Crippen LogP contribution in [-0.4, -0.2) is 87.3 Å². The van der Waals surface area contributed by atoms with Gasteiger partial charge < -0.3 is 24.2 Å². The highest BCUT2D eigenvalue weighted by molar-refractivity contribution is 7.81. The molecule has 7 rings (SSSR count). The molecule has 2 N–H and O–H groups in total. The summed E-state index contributed by atoms with van der Waals surface area (Å²) in [5.74, 6) is -0.119. The molecule has 3 saturated heterocycles. The van der Waals surface area contributed by atoms with Crippen LogP contribution in [0.3, 0.4) is 0 Å². The largest absolute Gasteiger partial charge is 0.494 e. The molecule has 0 saturated carbocycles. The van der Waals surface area contributed by atoms with E-state index in [0.29, 0.717) is 36.3 Å². The van der Waals surface area contributed by atoms with E-state index < -0.39 is 34.8 Å². The summed E-state index contributed by atoms with van der Waals surface area (Å²) >= 11 is 5.64. The molecule has 3 aliphatic heterocycles. The quantitative estimate of drug-likeness (QED) is 0.102. The van der Waals surface area contributed by atoms with Crippen molar-refractivity contribution in [1.82, 2.24) is 19.8 Å². The van der Waals surface area contributed by atoms with Gasteiger partial charge in [-0.1, -0.05) is 0 Å². The Kier molecular flexibility index (Phi) is 12.3. The number of unbranched alkanes of at least 4 members (excludes halogenated alkanes) is 1. The molecular weight excluding hydrogens is 778 g/mol. The highest BCUT2D eigenvalue weighted by atomic mass is 32.1. The number of halogens is 3. The molecular formula is C40H41F3N8O6S. The van der Waals surface area contributed by atoms with Gasteiger partial charge in [-0.25, -0.2) is 4.79 Å². The van der Waals surface area contributed by atoms with Gasteiger partial charge in [-0.2, -0.15) is 18.4 Å². The predicted molar refractivity (Wildman–Crippen MR) is 213 cm³/mol. The number of carboxylic acid groups (broad SMARTS) is 1. The lowest BCUT2D eigenvalue weighted by Crippen LogP contribution is -2.49. The summed E-state index contributed by atoms with van der Waals surface area (Å²) in [6.07, 6.45) is 4.83. The number of piperidine rings is 1. The SMILES string of the molecule is CC1(C)C(=O)N(c2ccc(C#N)c(C(F)(F)F)c2)C(=S)N1c1ccc(OCCCCN2CCC(n3ccc4c(N5CCC(=O)NC5=O)cncc43)CC2)cc1.O=CO. The Balaban J connectivity index is 0.00000183.